The summed E-state index contributed by atoms with van der Waals surface area (Å²) in [5.41, 5.74) is -0.0542. The van der Waals surface area contributed by atoms with Gasteiger partial charge in [0.15, 0.2) is 5.65 Å². The summed E-state index contributed by atoms with van der Waals surface area (Å²) in [7, 11) is 0. The van der Waals surface area contributed by atoms with Gasteiger partial charge in [-0.25, -0.2) is 9.48 Å². The van der Waals surface area contributed by atoms with Crippen LogP contribution in [-0.2, 0) is 12.7 Å². The third-order valence-electron chi connectivity index (χ3n) is 5.47. The molecule has 2 aromatic carbocycles. The predicted molar refractivity (Wildman–Crippen MR) is 129 cm³/mol. The first-order valence-corrected chi connectivity index (χ1v) is 11.2. The van der Waals surface area contributed by atoms with Crippen molar-refractivity contribution in [2.45, 2.75) is 12.7 Å². The molecule has 0 unspecified atom stereocenters. The molecule has 0 fully saturated rings. The topological polar surface area (TPSA) is 85.0 Å². The van der Waals surface area contributed by atoms with Crippen molar-refractivity contribution in [3.8, 4) is 22.3 Å². The molecule has 3 heterocycles. The lowest BCUT2D eigenvalue weighted by Crippen LogP contribution is -2.26. The number of rotatable bonds is 4. The Bertz CT molecular complexity index is 1690. The standard InChI is InChI=1S/C24H14Cl2F3N5O2/c25-16-6-2-14(3-7-16)19-20(15-4-8-17(26)9-5-15)22(35)32-34-21(19)31-33(23(34)36)12-13-1-10-18(30-11-13)24(27,28)29/h1-11H,12H2,(H,32,35). The van der Waals surface area contributed by atoms with E-state index in [0.29, 0.717) is 32.3 Å². The van der Waals surface area contributed by atoms with Crippen LogP contribution < -0.4 is 11.2 Å². The van der Waals surface area contributed by atoms with E-state index in [9.17, 15) is 22.8 Å². The highest BCUT2D eigenvalue weighted by atomic mass is 35.5. The summed E-state index contributed by atoms with van der Waals surface area (Å²) in [5, 5.41) is 7.91. The number of halogens is 5. The van der Waals surface area contributed by atoms with Gasteiger partial charge in [0.25, 0.3) is 5.56 Å². The molecule has 1 N–H and O–H groups in total. The van der Waals surface area contributed by atoms with Crippen LogP contribution >= 0.6 is 23.2 Å². The SMILES string of the molecule is O=c1[nH]n2c(=O)n(Cc3ccc(C(F)(F)F)nc3)nc2c(-c2ccc(Cl)cc2)c1-c1ccc(Cl)cc1. The first kappa shape index (κ1) is 23.8. The summed E-state index contributed by atoms with van der Waals surface area (Å²) in [5.74, 6) is 0. The normalized spacial score (nSPS) is 11.8. The maximum Gasteiger partial charge on any atom is 0.433 e. The van der Waals surface area contributed by atoms with E-state index in [0.717, 1.165) is 21.5 Å². The molecule has 0 saturated heterocycles. The number of hydrogen-bond donors (Lipinski definition) is 1. The molecule has 0 aliphatic heterocycles. The number of nitrogens with one attached hydrogen (secondary N) is 1. The summed E-state index contributed by atoms with van der Waals surface area (Å²) >= 11 is 12.1. The van der Waals surface area contributed by atoms with Crippen molar-refractivity contribution < 1.29 is 13.2 Å². The zero-order valence-electron chi connectivity index (χ0n) is 18.1. The van der Waals surface area contributed by atoms with Crippen LogP contribution in [0.2, 0.25) is 10.0 Å². The van der Waals surface area contributed by atoms with E-state index in [-0.39, 0.29) is 17.8 Å². The molecule has 36 heavy (non-hydrogen) atoms. The number of aromatic amines is 1. The summed E-state index contributed by atoms with van der Waals surface area (Å²) in [4.78, 5) is 29.7. The third-order valence-corrected chi connectivity index (χ3v) is 5.97. The average Bonchev–Trinajstić information content (AvgIpc) is 3.14. The van der Waals surface area contributed by atoms with Gasteiger partial charge in [-0.1, -0.05) is 53.5 Å². The Labute approximate surface area is 210 Å². The van der Waals surface area contributed by atoms with E-state index in [1.807, 2.05) is 0 Å². The Morgan fingerprint density at radius 3 is 1.94 bits per heavy atom. The van der Waals surface area contributed by atoms with Gasteiger partial charge < -0.3 is 0 Å². The highest BCUT2D eigenvalue weighted by Gasteiger charge is 2.32. The van der Waals surface area contributed by atoms with Gasteiger partial charge in [-0.2, -0.15) is 17.7 Å². The Hall–Kier alpha value is -3.89. The molecule has 0 atom stereocenters. The smallest absolute Gasteiger partial charge is 0.267 e. The Balaban J connectivity index is 1.71. The molecule has 0 saturated carbocycles. The van der Waals surface area contributed by atoms with Crippen LogP contribution in [0.1, 0.15) is 11.3 Å². The first-order chi connectivity index (χ1) is 17.1. The molecule has 3 aromatic heterocycles. The lowest BCUT2D eigenvalue weighted by molar-refractivity contribution is -0.141. The minimum atomic E-state index is -4.58. The van der Waals surface area contributed by atoms with Gasteiger partial charge >= 0.3 is 11.9 Å². The van der Waals surface area contributed by atoms with Crippen molar-refractivity contribution >= 4 is 28.8 Å². The lowest BCUT2D eigenvalue weighted by atomic mass is 9.97. The molecule has 5 rings (SSSR count). The highest BCUT2D eigenvalue weighted by Crippen LogP contribution is 2.33. The quantitative estimate of drug-likeness (QED) is 0.341. The van der Waals surface area contributed by atoms with E-state index in [4.69, 9.17) is 23.2 Å². The van der Waals surface area contributed by atoms with Gasteiger partial charge in [0, 0.05) is 21.8 Å². The van der Waals surface area contributed by atoms with Crippen molar-refractivity contribution in [1.29, 1.82) is 0 Å². The Morgan fingerprint density at radius 1 is 0.833 bits per heavy atom. The fourth-order valence-corrected chi connectivity index (χ4v) is 4.05. The van der Waals surface area contributed by atoms with Gasteiger partial charge in [0.2, 0.25) is 0 Å². The van der Waals surface area contributed by atoms with Gasteiger partial charge in [0.05, 0.1) is 12.1 Å². The summed E-state index contributed by atoms with van der Waals surface area (Å²) < 4.78 is 40.6. The second-order valence-corrected chi connectivity index (χ2v) is 8.73. The van der Waals surface area contributed by atoms with Gasteiger partial charge in [0.1, 0.15) is 5.69 Å². The molecular formula is C24H14Cl2F3N5O2. The molecule has 182 valence electrons. The molecule has 5 aromatic rings. The average molecular weight is 532 g/mol. The molecule has 0 aliphatic carbocycles. The predicted octanol–water partition coefficient (Wildman–Crippen LogP) is 5.29. The van der Waals surface area contributed by atoms with E-state index in [1.165, 1.54) is 6.07 Å². The van der Waals surface area contributed by atoms with Crippen LogP contribution in [0.25, 0.3) is 27.9 Å². The van der Waals surface area contributed by atoms with Crippen molar-refractivity contribution in [3.63, 3.8) is 0 Å². The van der Waals surface area contributed by atoms with Crippen LogP contribution in [0.3, 0.4) is 0 Å². The van der Waals surface area contributed by atoms with E-state index in [2.05, 4.69) is 15.2 Å². The second-order valence-electron chi connectivity index (χ2n) is 7.85. The zero-order valence-corrected chi connectivity index (χ0v) is 19.6. The van der Waals surface area contributed by atoms with Crippen LogP contribution in [0.4, 0.5) is 13.2 Å². The van der Waals surface area contributed by atoms with Crippen LogP contribution in [0, 0.1) is 0 Å². The molecule has 0 radical (unpaired) electrons. The highest BCUT2D eigenvalue weighted by molar-refractivity contribution is 6.31. The fourth-order valence-electron chi connectivity index (χ4n) is 3.80. The minimum Gasteiger partial charge on any atom is -0.267 e. The number of nitrogens with zero attached hydrogens (tertiary/aromatic N) is 4. The van der Waals surface area contributed by atoms with Gasteiger partial charge in [-0.05, 0) is 47.0 Å². The number of hydrogen-bond acceptors (Lipinski definition) is 4. The van der Waals surface area contributed by atoms with Gasteiger partial charge in [-0.3, -0.25) is 14.9 Å². The first-order valence-electron chi connectivity index (χ1n) is 10.4. The number of alkyl halides is 3. The molecular weight excluding hydrogens is 518 g/mol. The van der Waals surface area contributed by atoms with E-state index < -0.39 is 23.1 Å². The number of pyridine rings is 1. The van der Waals surface area contributed by atoms with E-state index >= 15 is 0 Å². The molecule has 0 amide bonds. The maximum atomic E-state index is 13.2. The summed E-state index contributed by atoms with van der Waals surface area (Å²) in [6.07, 6.45) is -3.55. The number of aromatic nitrogens is 5. The summed E-state index contributed by atoms with van der Waals surface area (Å²) in [6, 6.07) is 15.3. The maximum absolute atomic E-state index is 13.2. The lowest BCUT2D eigenvalue weighted by Gasteiger charge is -2.10. The zero-order chi connectivity index (χ0) is 25.6. The number of H-pyrrole nitrogens is 1. The van der Waals surface area contributed by atoms with Crippen molar-refractivity contribution in [2.75, 3.05) is 0 Å². The molecule has 0 bridgehead atoms. The second kappa shape index (κ2) is 8.96. The summed E-state index contributed by atoms with van der Waals surface area (Å²) in [6.45, 7) is -0.163. The van der Waals surface area contributed by atoms with Crippen LogP contribution in [0.15, 0.2) is 76.4 Å². The molecule has 7 nitrogen and oxygen atoms in total. The molecule has 0 spiro atoms. The number of fused-ring (bicyclic) bond motifs is 1. The Kier molecular flexibility index (Phi) is 5.93. The largest absolute Gasteiger partial charge is 0.433 e. The molecule has 0 aliphatic rings. The Morgan fingerprint density at radius 2 is 1.42 bits per heavy atom. The monoisotopic (exact) mass is 531 g/mol. The van der Waals surface area contributed by atoms with Crippen LogP contribution in [0.5, 0.6) is 0 Å². The minimum absolute atomic E-state index is 0.145. The number of benzene rings is 2. The van der Waals surface area contributed by atoms with Crippen molar-refractivity contribution in [1.82, 2.24) is 24.4 Å². The van der Waals surface area contributed by atoms with Gasteiger partial charge in [-0.15, -0.1) is 5.10 Å². The van der Waals surface area contributed by atoms with Crippen molar-refractivity contribution in [2.24, 2.45) is 0 Å². The van der Waals surface area contributed by atoms with E-state index in [1.54, 1.807) is 48.5 Å². The molecule has 12 heteroatoms. The third kappa shape index (κ3) is 4.40. The van der Waals surface area contributed by atoms with Crippen LogP contribution in [-0.4, -0.2) is 24.4 Å². The van der Waals surface area contributed by atoms with Crippen molar-refractivity contribution in [3.05, 3.63) is 109 Å². The fraction of sp³-hybridized carbons (Fsp3) is 0.0833.